The van der Waals surface area contributed by atoms with Crippen LogP contribution >= 0.6 is 0 Å². The van der Waals surface area contributed by atoms with E-state index in [0.29, 0.717) is 0 Å². The van der Waals surface area contributed by atoms with Gasteiger partial charge >= 0.3 is 0 Å². The minimum absolute atomic E-state index is 0.975. The lowest BCUT2D eigenvalue weighted by atomic mass is 10.1. The number of hydrogen-bond acceptors (Lipinski definition) is 3. The fourth-order valence-corrected chi connectivity index (χ4v) is 2.14. The van der Waals surface area contributed by atoms with Gasteiger partial charge in [0.15, 0.2) is 0 Å². The van der Waals surface area contributed by atoms with Crippen LogP contribution in [0, 0.1) is 0 Å². The van der Waals surface area contributed by atoms with Crippen molar-refractivity contribution >= 4 is 0 Å². The highest BCUT2D eigenvalue weighted by molar-refractivity contribution is 5.22. The van der Waals surface area contributed by atoms with Gasteiger partial charge in [0.05, 0.1) is 18.7 Å². The second-order valence-corrected chi connectivity index (χ2v) is 4.29. The van der Waals surface area contributed by atoms with Gasteiger partial charge in [0.2, 0.25) is 0 Å². The van der Waals surface area contributed by atoms with Crippen molar-refractivity contribution in [3.05, 3.63) is 36.0 Å². The molecule has 0 aromatic carbocycles. The molecule has 1 heterocycles. The van der Waals surface area contributed by atoms with E-state index in [1.54, 1.807) is 7.11 Å². The molecule has 0 unspecified atom stereocenters. The maximum absolute atomic E-state index is 5.20. The predicted octanol–water partition coefficient (Wildman–Crippen LogP) is 2.35. The molecule has 1 N–H and O–H groups in total. The third kappa shape index (κ3) is 2.60. The van der Waals surface area contributed by atoms with Crippen molar-refractivity contribution in [2.75, 3.05) is 20.2 Å². The molecule has 0 amide bonds. The zero-order valence-electron chi connectivity index (χ0n) is 9.96. The summed E-state index contributed by atoms with van der Waals surface area (Å²) < 4.78 is 5.20. The van der Waals surface area contributed by atoms with Crippen LogP contribution in [0.5, 0.6) is 0 Å². The zero-order chi connectivity index (χ0) is 11.4. The molecule has 0 bridgehead atoms. The van der Waals surface area contributed by atoms with E-state index in [1.165, 1.54) is 18.5 Å². The predicted molar refractivity (Wildman–Crippen MR) is 65.5 cm³/mol. The van der Waals surface area contributed by atoms with Crippen molar-refractivity contribution in [2.45, 2.75) is 25.7 Å². The summed E-state index contributed by atoms with van der Waals surface area (Å²) in [7, 11) is 1.72. The van der Waals surface area contributed by atoms with Gasteiger partial charge in [-0.15, -0.1) is 0 Å². The van der Waals surface area contributed by atoms with Gasteiger partial charge in [0.25, 0.3) is 0 Å². The maximum Gasteiger partial charge on any atom is 0.0980 e. The summed E-state index contributed by atoms with van der Waals surface area (Å²) in [6.45, 7) is 6.37. The number of nitrogens with zero attached hydrogens (tertiary/aromatic N) is 1. The van der Waals surface area contributed by atoms with E-state index in [1.807, 2.05) is 6.08 Å². The standard InChI is InChI=1S/C13H20N2O/c1-11(15-9-3-4-10-15)14-12-5-7-13(16-2)8-6-12/h5,7,14H,1,3-4,6,8-10H2,2H3. The molecule has 3 nitrogen and oxygen atoms in total. The van der Waals surface area contributed by atoms with Crippen molar-refractivity contribution in [2.24, 2.45) is 0 Å². The Kier molecular flexibility index (Phi) is 3.54. The summed E-state index contributed by atoms with van der Waals surface area (Å²) in [5.74, 6) is 2.09. The van der Waals surface area contributed by atoms with E-state index >= 15 is 0 Å². The van der Waals surface area contributed by atoms with Crippen LogP contribution in [0.4, 0.5) is 0 Å². The number of hydrogen-bond donors (Lipinski definition) is 1. The van der Waals surface area contributed by atoms with E-state index < -0.39 is 0 Å². The molecular weight excluding hydrogens is 200 g/mol. The summed E-state index contributed by atoms with van der Waals surface area (Å²) in [4.78, 5) is 2.32. The van der Waals surface area contributed by atoms with Crippen LogP contribution in [-0.4, -0.2) is 25.1 Å². The van der Waals surface area contributed by atoms with Gasteiger partial charge in [-0.1, -0.05) is 6.58 Å². The second kappa shape index (κ2) is 5.10. The van der Waals surface area contributed by atoms with Crippen LogP contribution in [0.3, 0.4) is 0 Å². The molecule has 0 saturated carbocycles. The Hall–Kier alpha value is -1.38. The first-order valence-electron chi connectivity index (χ1n) is 5.94. The van der Waals surface area contributed by atoms with E-state index in [4.69, 9.17) is 4.74 Å². The van der Waals surface area contributed by atoms with Gasteiger partial charge < -0.3 is 15.0 Å². The second-order valence-electron chi connectivity index (χ2n) is 4.29. The van der Waals surface area contributed by atoms with E-state index in [0.717, 1.165) is 37.5 Å². The molecule has 0 spiro atoms. The Morgan fingerprint density at radius 3 is 2.62 bits per heavy atom. The first kappa shape index (κ1) is 11.1. The first-order valence-corrected chi connectivity index (χ1v) is 5.94. The molecular formula is C13H20N2O. The Bertz CT molecular complexity index is 325. The van der Waals surface area contributed by atoms with Gasteiger partial charge in [0.1, 0.15) is 0 Å². The number of rotatable bonds is 4. The fourth-order valence-electron chi connectivity index (χ4n) is 2.14. The summed E-state index contributed by atoms with van der Waals surface area (Å²) in [6, 6.07) is 0. The Labute approximate surface area is 97.5 Å². The fraction of sp³-hybridized carbons (Fsp3) is 0.538. The Morgan fingerprint density at radius 1 is 1.31 bits per heavy atom. The highest BCUT2D eigenvalue weighted by Gasteiger charge is 2.14. The zero-order valence-corrected chi connectivity index (χ0v) is 9.96. The summed E-state index contributed by atoms with van der Waals surface area (Å²) >= 11 is 0. The lowest BCUT2D eigenvalue weighted by Crippen LogP contribution is -2.28. The lowest BCUT2D eigenvalue weighted by Gasteiger charge is -2.24. The average molecular weight is 220 g/mol. The van der Waals surface area contributed by atoms with Crippen molar-refractivity contribution in [1.82, 2.24) is 10.2 Å². The maximum atomic E-state index is 5.20. The molecule has 2 rings (SSSR count). The average Bonchev–Trinajstić information content (AvgIpc) is 2.83. The van der Waals surface area contributed by atoms with E-state index in [9.17, 15) is 0 Å². The van der Waals surface area contributed by atoms with Gasteiger partial charge in [-0.25, -0.2) is 0 Å². The third-order valence-electron chi connectivity index (χ3n) is 3.17. The minimum atomic E-state index is 0.975. The summed E-state index contributed by atoms with van der Waals surface area (Å²) in [5.41, 5.74) is 1.23. The minimum Gasteiger partial charge on any atom is -0.501 e. The molecule has 1 saturated heterocycles. The number of ether oxygens (including phenoxy) is 1. The van der Waals surface area contributed by atoms with Crippen molar-refractivity contribution < 1.29 is 4.74 Å². The first-order chi connectivity index (χ1) is 7.79. The highest BCUT2D eigenvalue weighted by atomic mass is 16.5. The smallest absolute Gasteiger partial charge is 0.0980 e. The molecule has 88 valence electrons. The normalized spacial score (nSPS) is 20.2. The van der Waals surface area contributed by atoms with E-state index in [-0.39, 0.29) is 0 Å². The molecule has 1 fully saturated rings. The molecule has 1 aliphatic heterocycles. The van der Waals surface area contributed by atoms with Gasteiger partial charge in [-0.05, 0) is 31.4 Å². The molecule has 1 aliphatic carbocycles. The number of allylic oxidation sites excluding steroid dienone is 4. The molecule has 0 aromatic heterocycles. The lowest BCUT2D eigenvalue weighted by molar-refractivity contribution is 0.274. The Morgan fingerprint density at radius 2 is 2.06 bits per heavy atom. The van der Waals surface area contributed by atoms with Crippen LogP contribution in [-0.2, 0) is 4.74 Å². The van der Waals surface area contributed by atoms with E-state index in [2.05, 4.69) is 22.9 Å². The monoisotopic (exact) mass is 220 g/mol. The van der Waals surface area contributed by atoms with Crippen LogP contribution in [0.2, 0.25) is 0 Å². The van der Waals surface area contributed by atoms with Gasteiger partial charge in [-0.2, -0.15) is 0 Å². The van der Waals surface area contributed by atoms with Gasteiger partial charge in [0, 0.05) is 25.2 Å². The number of nitrogens with one attached hydrogen (secondary N) is 1. The summed E-state index contributed by atoms with van der Waals surface area (Å²) in [6.07, 6.45) is 8.67. The summed E-state index contributed by atoms with van der Waals surface area (Å²) in [5, 5.41) is 3.40. The number of likely N-dealkylation sites (tertiary alicyclic amines) is 1. The van der Waals surface area contributed by atoms with Crippen LogP contribution in [0.25, 0.3) is 0 Å². The molecule has 0 aromatic rings. The largest absolute Gasteiger partial charge is 0.501 e. The van der Waals surface area contributed by atoms with Crippen molar-refractivity contribution in [3.8, 4) is 0 Å². The Balaban J connectivity index is 1.88. The van der Waals surface area contributed by atoms with Crippen molar-refractivity contribution in [3.63, 3.8) is 0 Å². The molecule has 2 aliphatic rings. The quantitative estimate of drug-likeness (QED) is 0.787. The van der Waals surface area contributed by atoms with Crippen molar-refractivity contribution in [1.29, 1.82) is 0 Å². The molecule has 0 atom stereocenters. The molecule has 16 heavy (non-hydrogen) atoms. The SMILES string of the molecule is C=C(NC1=CC=C(OC)CC1)N1CCCC1. The topological polar surface area (TPSA) is 24.5 Å². The molecule has 3 heteroatoms. The highest BCUT2D eigenvalue weighted by Crippen LogP contribution is 2.19. The molecule has 0 radical (unpaired) electrons. The van der Waals surface area contributed by atoms with Crippen LogP contribution in [0.15, 0.2) is 36.0 Å². The van der Waals surface area contributed by atoms with Gasteiger partial charge in [-0.3, -0.25) is 0 Å². The van der Waals surface area contributed by atoms with Crippen LogP contribution in [0.1, 0.15) is 25.7 Å². The number of methoxy groups -OCH3 is 1. The third-order valence-corrected chi connectivity index (χ3v) is 3.17. The van der Waals surface area contributed by atoms with Crippen LogP contribution < -0.4 is 5.32 Å².